The molecule has 1 amide bonds. The van der Waals surface area contributed by atoms with Crippen LogP contribution in [0.4, 0.5) is 0 Å². The highest BCUT2D eigenvalue weighted by molar-refractivity contribution is 5.73. The van der Waals surface area contributed by atoms with Gasteiger partial charge in [-0.3, -0.25) is 29.1 Å². The van der Waals surface area contributed by atoms with Gasteiger partial charge in [-0.05, 0) is 12.8 Å². The van der Waals surface area contributed by atoms with Gasteiger partial charge < -0.3 is 25.5 Å². The van der Waals surface area contributed by atoms with Crippen LogP contribution >= 0.6 is 0 Å². The fourth-order valence-electron chi connectivity index (χ4n) is 3.86. The van der Waals surface area contributed by atoms with E-state index >= 15 is 0 Å². The summed E-state index contributed by atoms with van der Waals surface area (Å²) >= 11 is 0. The van der Waals surface area contributed by atoms with Gasteiger partial charge in [0.1, 0.15) is 12.6 Å². The maximum absolute atomic E-state index is 11.4. The summed E-state index contributed by atoms with van der Waals surface area (Å²) in [4.78, 5) is 61.2. The van der Waals surface area contributed by atoms with Crippen LogP contribution in [0.3, 0.4) is 0 Å². The molecular weight excluding hydrogens is 384 g/mol. The molecular formula is C18H30N4O7. The fraction of sp³-hybridized carbons (Fsp3) is 0.722. The zero-order valence-corrected chi connectivity index (χ0v) is 16.5. The van der Waals surface area contributed by atoms with Crippen LogP contribution in [0.1, 0.15) is 25.7 Å². The molecule has 1 saturated heterocycles. The number of carboxylic acid groups (broad SMARTS) is 2. The van der Waals surface area contributed by atoms with E-state index in [2.05, 4.69) is 0 Å². The minimum Gasteiger partial charge on any atom is -0.480 e. The number of aldehydes is 2. The Labute approximate surface area is 169 Å². The van der Waals surface area contributed by atoms with Crippen LogP contribution in [-0.4, -0.2) is 113 Å². The molecule has 1 fully saturated rings. The highest BCUT2D eigenvalue weighted by Crippen LogP contribution is 2.28. The Balaban J connectivity index is 3.23. The third kappa shape index (κ3) is 8.67. The van der Waals surface area contributed by atoms with Crippen molar-refractivity contribution in [1.29, 1.82) is 0 Å². The number of carbonyl (C=O) groups is 5. The van der Waals surface area contributed by atoms with E-state index in [1.807, 2.05) is 4.90 Å². The SMILES string of the molecule is NC(=O)CCCCC1(N(CC=O)CC(=O)O)CN(CC=O)CCN(CC(=O)O)C1. The number of carboxylic acids is 2. The number of primary amides is 1. The highest BCUT2D eigenvalue weighted by atomic mass is 16.4. The van der Waals surface area contributed by atoms with E-state index in [1.54, 1.807) is 4.90 Å². The first kappa shape index (κ1) is 24.7. The van der Waals surface area contributed by atoms with E-state index < -0.39 is 29.9 Å². The van der Waals surface area contributed by atoms with Crippen molar-refractivity contribution in [3.63, 3.8) is 0 Å². The molecule has 29 heavy (non-hydrogen) atoms. The van der Waals surface area contributed by atoms with Crippen LogP contribution in [-0.2, 0) is 24.0 Å². The second kappa shape index (κ2) is 12.2. The topological polar surface area (TPSA) is 162 Å². The zero-order chi connectivity index (χ0) is 21.9. The van der Waals surface area contributed by atoms with Crippen LogP contribution in [0.5, 0.6) is 0 Å². The number of rotatable bonds is 14. The van der Waals surface area contributed by atoms with Crippen molar-refractivity contribution in [2.45, 2.75) is 31.2 Å². The van der Waals surface area contributed by atoms with Crippen LogP contribution in [0.15, 0.2) is 0 Å². The number of unbranched alkanes of at least 4 members (excludes halogenated alkanes) is 1. The van der Waals surface area contributed by atoms with Crippen LogP contribution < -0.4 is 5.73 Å². The molecule has 0 radical (unpaired) electrons. The van der Waals surface area contributed by atoms with Crippen molar-refractivity contribution in [3.8, 4) is 0 Å². The van der Waals surface area contributed by atoms with Crippen molar-refractivity contribution in [1.82, 2.24) is 14.7 Å². The van der Waals surface area contributed by atoms with Crippen molar-refractivity contribution in [2.24, 2.45) is 5.73 Å². The lowest BCUT2D eigenvalue weighted by Gasteiger charge is -2.45. The Morgan fingerprint density at radius 1 is 1.00 bits per heavy atom. The summed E-state index contributed by atoms with van der Waals surface area (Å²) in [7, 11) is 0. The average Bonchev–Trinajstić information content (AvgIpc) is 2.78. The number of hydrogen-bond donors (Lipinski definition) is 3. The Morgan fingerprint density at radius 2 is 1.66 bits per heavy atom. The van der Waals surface area contributed by atoms with Crippen LogP contribution in [0.2, 0.25) is 0 Å². The van der Waals surface area contributed by atoms with Crippen molar-refractivity contribution in [2.75, 3.05) is 52.4 Å². The maximum atomic E-state index is 11.4. The van der Waals surface area contributed by atoms with Gasteiger partial charge in [0.25, 0.3) is 0 Å². The van der Waals surface area contributed by atoms with Crippen molar-refractivity contribution in [3.05, 3.63) is 0 Å². The number of amides is 1. The molecule has 1 atom stereocenters. The predicted octanol–water partition coefficient (Wildman–Crippen LogP) is -1.74. The van der Waals surface area contributed by atoms with E-state index in [0.717, 1.165) is 6.29 Å². The number of carbonyl (C=O) groups excluding carboxylic acids is 3. The van der Waals surface area contributed by atoms with Gasteiger partial charge in [0.2, 0.25) is 5.91 Å². The lowest BCUT2D eigenvalue weighted by molar-refractivity contribution is -0.143. The summed E-state index contributed by atoms with van der Waals surface area (Å²) in [5, 5.41) is 18.6. The third-order valence-corrected chi connectivity index (χ3v) is 5.07. The Morgan fingerprint density at radius 3 is 2.21 bits per heavy atom. The second-order valence-electron chi connectivity index (χ2n) is 7.34. The van der Waals surface area contributed by atoms with Gasteiger partial charge >= 0.3 is 11.9 Å². The first-order chi connectivity index (χ1) is 13.7. The largest absolute Gasteiger partial charge is 0.480 e. The van der Waals surface area contributed by atoms with Gasteiger partial charge in [-0.1, -0.05) is 6.42 Å². The smallest absolute Gasteiger partial charge is 0.317 e. The van der Waals surface area contributed by atoms with Gasteiger partial charge in [-0.15, -0.1) is 0 Å². The minimum atomic E-state index is -1.11. The quantitative estimate of drug-likeness (QED) is 0.220. The molecule has 164 valence electrons. The Kier molecular flexibility index (Phi) is 10.4. The first-order valence-electron chi connectivity index (χ1n) is 9.51. The fourth-order valence-corrected chi connectivity index (χ4v) is 3.86. The molecule has 1 rings (SSSR count). The van der Waals surface area contributed by atoms with E-state index in [-0.39, 0.29) is 32.6 Å². The molecule has 0 spiro atoms. The summed E-state index contributed by atoms with van der Waals surface area (Å²) in [5.74, 6) is -2.57. The van der Waals surface area contributed by atoms with E-state index in [4.69, 9.17) is 5.73 Å². The Hall–Kier alpha value is -2.37. The molecule has 0 aromatic carbocycles. The Bertz CT molecular complexity index is 601. The molecule has 1 aliphatic rings. The monoisotopic (exact) mass is 414 g/mol. The van der Waals surface area contributed by atoms with Gasteiger partial charge in [0, 0.05) is 38.1 Å². The van der Waals surface area contributed by atoms with Crippen molar-refractivity contribution < 1.29 is 34.2 Å². The summed E-state index contributed by atoms with van der Waals surface area (Å²) < 4.78 is 0. The lowest BCUT2D eigenvalue weighted by atomic mass is 9.88. The summed E-state index contributed by atoms with van der Waals surface area (Å²) in [5.41, 5.74) is 4.32. The molecule has 0 aliphatic carbocycles. The number of nitrogens with two attached hydrogens (primary N) is 1. The molecule has 0 saturated carbocycles. The van der Waals surface area contributed by atoms with E-state index in [1.165, 1.54) is 4.90 Å². The molecule has 11 heteroatoms. The predicted molar refractivity (Wildman–Crippen MR) is 102 cm³/mol. The van der Waals surface area contributed by atoms with Gasteiger partial charge in [-0.2, -0.15) is 0 Å². The summed E-state index contributed by atoms with van der Waals surface area (Å²) in [6, 6.07) is 0. The molecule has 11 nitrogen and oxygen atoms in total. The molecule has 4 N–H and O–H groups in total. The maximum Gasteiger partial charge on any atom is 0.317 e. The third-order valence-electron chi connectivity index (χ3n) is 5.07. The molecule has 0 aromatic heterocycles. The van der Waals surface area contributed by atoms with Crippen molar-refractivity contribution >= 4 is 30.4 Å². The van der Waals surface area contributed by atoms with Gasteiger partial charge in [0.15, 0.2) is 0 Å². The standard InChI is InChI=1S/C18H30N4O7/c19-15(25)3-1-2-4-18(22(8-10-24)12-17(28)29)13-20(7-9-23)5-6-21(14-18)11-16(26)27/h9-10H,1-8,11-14H2,(H2,19,25)(H,26,27)(H,28,29). The second-order valence-corrected chi connectivity index (χ2v) is 7.34. The summed E-state index contributed by atoms with van der Waals surface area (Å²) in [6.45, 7) is 0.711. The molecule has 1 aliphatic heterocycles. The lowest BCUT2D eigenvalue weighted by Crippen LogP contribution is -2.61. The number of aliphatic carboxylic acids is 2. The number of hydrogen-bond acceptors (Lipinski definition) is 8. The normalized spacial score (nSPS) is 20.9. The minimum absolute atomic E-state index is 0.117. The first-order valence-corrected chi connectivity index (χ1v) is 9.51. The number of nitrogens with zero attached hydrogens (tertiary/aromatic N) is 3. The van der Waals surface area contributed by atoms with E-state index in [0.29, 0.717) is 45.2 Å². The molecule has 1 unspecified atom stereocenters. The van der Waals surface area contributed by atoms with Gasteiger partial charge in [0.05, 0.1) is 26.2 Å². The molecule has 1 heterocycles. The van der Waals surface area contributed by atoms with Crippen LogP contribution in [0, 0.1) is 0 Å². The summed E-state index contributed by atoms with van der Waals surface area (Å²) in [6.07, 6.45) is 2.99. The van der Waals surface area contributed by atoms with Gasteiger partial charge in [-0.25, -0.2) is 0 Å². The highest BCUT2D eigenvalue weighted by Gasteiger charge is 2.42. The zero-order valence-electron chi connectivity index (χ0n) is 16.5. The molecule has 0 bridgehead atoms. The average molecular weight is 414 g/mol. The van der Waals surface area contributed by atoms with Crippen LogP contribution in [0.25, 0.3) is 0 Å². The van der Waals surface area contributed by atoms with E-state index in [9.17, 15) is 34.2 Å². The molecule has 0 aromatic rings.